The molecule has 3 heteroatoms. The van der Waals surface area contributed by atoms with Crippen molar-refractivity contribution >= 4 is 0 Å². The van der Waals surface area contributed by atoms with E-state index in [1.807, 2.05) is 36.4 Å². The summed E-state index contributed by atoms with van der Waals surface area (Å²) in [6.45, 7) is 0.607. The van der Waals surface area contributed by atoms with E-state index in [4.69, 9.17) is 14.9 Å². The highest BCUT2D eigenvalue weighted by molar-refractivity contribution is 5.58. The van der Waals surface area contributed by atoms with Gasteiger partial charge >= 0.3 is 0 Å². The fourth-order valence-corrected chi connectivity index (χ4v) is 1.56. The van der Waals surface area contributed by atoms with Gasteiger partial charge in [-0.3, -0.25) is 0 Å². The third-order valence-corrected chi connectivity index (χ3v) is 2.43. The van der Waals surface area contributed by atoms with E-state index >= 15 is 0 Å². The minimum absolute atomic E-state index is 0.607. The van der Waals surface area contributed by atoms with Crippen LogP contribution in [-0.4, -0.2) is 13.7 Å². The average molecular weight is 217 g/mol. The molecular formula is C13H15NO2. The molecule has 0 spiro atoms. The SMILES string of the molecule is COc1ccc(-c2ccc(CCN)o2)cc1. The van der Waals surface area contributed by atoms with E-state index in [2.05, 4.69) is 0 Å². The first-order chi connectivity index (χ1) is 7.83. The van der Waals surface area contributed by atoms with E-state index in [0.717, 1.165) is 29.3 Å². The highest BCUT2D eigenvalue weighted by Gasteiger charge is 2.04. The molecule has 1 aromatic heterocycles. The van der Waals surface area contributed by atoms with Gasteiger partial charge in [0, 0.05) is 12.0 Å². The molecule has 0 saturated carbocycles. The fourth-order valence-electron chi connectivity index (χ4n) is 1.56. The Morgan fingerprint density at radius 1 is 1.12 bits per heavy atom. The summed E-state index contributed by atoms with van der Waals surface area (Å²) in [6, 6.07) is 11.7. The molecule has 0 saturated heterocycles. The maximum absolute atomic E-state index is 5.66. The molecule has 0 aliphatic rings. The lowest BCUT2D eigenvalue weighted by Gasteiger charge is -2.00. The van der Waals surface area contributed by atoms with Crippen LogP contribution >= 0.6 is 0 Å². The van der Waals surface area contributed by atoms with E-state index in [9.17, 15) is 0 Å². The minimum atomic E-state index is 0.607. The summed E-state index contributed by atoms with van der Waals surface area (Å²) < 4.78 is 10.8. The molecule has 0 bridgehead atoms. The molecule has 0 unspecified atom stereocenters. The van der Waals surface area contributed by atoms with Gasteiger partial charge in [0.2, 0.25) is 0 Å². The van der Waals surface area contributed by atoms with Crippen LogP contribution in [0.4, 0.5) is 0 Å². The van der Waals surface area contributed by atoms with Crippen molar-refractivity contribution in [3.63, 3.8) is 0 Å². The average Bonchev–Trinajstić information content (AvgIpc) is 2.78. The largest absolute Gasteiger partial charge is 0.497 e. The second kappa shape index (κ2) is 4.86. The summed E-state index contributed by atoms with van der Waals surface area (Å²) in [4.78, 5) is 0. The monoisotopic (exact) mass is 217 g/mol. The Balaban J connectivity index is 2.21. The maximum atomic E-state index is 5.66. The van der Waals surface area contributed by atoms with Crippen LogP contribution in [0.3, 0.4) is 0 Å². The van der Waals surface area contributed by atoms with Crippen molar-refractivity contribution in [1.82, 2.24) is 0 Å². The Hall–Kier alpha value is -1.74. The number of methoxy groups -OCH3 is 1. The van der Waals surface area contributed by atoms with Crippen molar-refractivity contribution in [3.05, 3.63) is 42.2 Å². The Labute approximate surface area is 94.8 Å². The van der Waals surface area contributed by atoms with Crippen LogP contribution in [0.25, 0.3) is 11.3 Å². The number of furan rings is 1. The zero-order chi connectivity index (χ0) is 11.4. The van der Waals surface area contributed by atoms with E-state index < -0.39 is 0 Å². The summed E-state index contributed by atoms with van der Waals surface area (Å²) in [5.41, 5.74) is 6.52. The molecule has 3 nitrogen and oxygen atoms in total. The van der Waals surface area contributed by atoms with Crippen molar-refractivity contribution in [2.24, 2.45) is 5.73 Å². The van der Waals surface area contributed by atoms with Gasteiger partial charge in [-0.2, -0.15) is 0 Å². The smallest absolute Gasteiger partial charge is 0.134 e. The van der Waals surface area contributed by atoms with E-state index in [0.29, 0.717) is 6.54 Å². The van der Waals surface area contributed by atoms with Crippen LogP contribution in [0.15, 0.2) is 40.8 Å². The molecule has 2 rings (SSSR count). The molecule has 16 heavy (non-hydrogen) atoms. The first kappa shape index (κ1) is 10.8. The number of hydrogen-bond acceptors (Lipinski definition) is 3. The van der Waals surface area contributed by atoms with E-state index in [-0.39, 0.29) is 0 Å². The van der Waals surface area contributed by atoms with Crippen molar-refractivity contribution in [1.29, 1.82) is 0 Å². The fraction of sp³-hybridized carbons (Fsp3) is 0.231. The lowest BCUT2D eigenvalue weighted by Crippen LogP contribution is -2.01. The number of nitrogens with two attached hydrogens (primary N) is 1. The lowest BCUT2D eigenvalue weighted by molar-refractivity contribution is 0.415. The number of ether oxygens (including phenoxy) is 1. The Kier molecular flexibility index (Phi) is 3.27. The zero-order valence-electron chi connectivity index (χ0n) is 9.27. The third-order valence-electron chi connectivity index (χ3n) is 2.43. The number of hydrogen-bond donors (Lipinski definition) is 1. The van der Waals surface area contributed by atoms with Gasteiger partial charge in [0.1, 0.15) is 17.3 Å². The topological polar surface area (TPSA) is 48.4 Å². The molecule has 0 atom stereocenters. The molecule has 0 radical (unpaired) electrons. The van der Waals surface area contributed by atoms with Gasteiger partial charge in [-0.25, -0.2) is 0 Å². The predicted octanol–water partition coefficient (Wildman–Crippen LogP) is 2.46. The normalized spacial score (nSPS) is 10.4. The maximum Gasteiger partial charge on any atom is 0.134 e. The van der Waals surface area contributed by atoms with Crippen LogP contribution in [0, 0.1) is 0 Å². The molecule has 0 fully saturated rings. The number of benzene rings is 1. The van der Waals surface area contributed by atoms with E-state index in [1.54, 1.807) is 7.11 Å². The molecule has 0 amide bonds. The standard InChI is InChI=1S/C13H15NO2/c1-15-11-4-2-10(3-5-11)13-7-6-12(16-13)8-9-14/h2-7H,8-9,14H2,1H3. The van der Waals surface area contributed by atoms with Gasteiger partial charge in [-0.15, -0.1) is 0 Å². The Bertz CT molecular complexity index is 445. The van der Waals surface area contributed by atoms with Crippen LogP contribution in [-0.2, 0) is 6.42 Å². The number of rotatable bonds is 4. The molecule has 1 aromatic carbocycles. The van der Waals surface area contributed by atoms with Crippen LogP contribution < -0.4 is 10.5 Å². The first-order valence-electron chi connectivity index (χ1n) is 5.26. The Morgan fingerprint density at radius 2 is 1.88 bits per heavy atom. The van der Waals surface area contributed by atoms with Gasteiger partial charge in [-0.1, -0.05) is 0 Å². The second-order valence-electron chi connectivity index (χ2n) is 3.53. The van der Waals surface area contributed by atoms with E-state index in [1.165, 1.54) is 0 Å². The van der Waals surface area contributed by atoms with Crippen molar-refractivity contribution < 1.29 is 9.15 Å². The molecule has 0 aliphatic carbocycles. The third kappa shape index (κ3) is 2.25. The summed E-state index contributed by atoms with van der Waals surface area (Å²) in [6.07, 6.45) is 0.774. The highest BCUT2D eigenvalue weighted by atomic mass is 16.5. The van der Waals surface area contributed by atoms with Crippen molar-refractivity contribution in [2.45, 2.75) is 6.42 Å². The van der Waals surface area contributed by atoms with Crippen LogP contribution in [0.1, 0.15) is 5.76 Å². The molecule has 2 aromatic rings. The summed E-state index contributed by atoms with van der Waals surface area (Å²) in [5, 5.41) is 0. The molecule has 1 heterocycles. The molecular weight excluding hydrogens is 202 g/mol. The van der Waals surface area contributed by atoms with Gasteiger partial charge in [0.15, 0.2) is 0 Å². The van der Waals surface area contributed by atoms with Crippen molar-refractivity contribution in [3.8, 4) is 17.1 Å². The quantitative estimate of drug-likeness (QED) is 0.855. The van der Waals surface area contributed by atoms with Gasteiger partial charge in [0.25, 0.3) is 0 Å². The highest BCUT2D eigenvalue weighted by Crippen LogP contribution is 2.24. The summed E-state index contributed by atoms with van der Waals surface area (Å²) in [7, 11) is 1.65. The lowest BCUT2D eigenvalue weighted by atomic mass is 10.2. The Morgan fingerprint density at radius 3 is 2.50 bits per heavy atom. The zero-order valence-corrected chi connectivity index (χ0v) is 9.27. The summed E-state index contributed by atoms with van der Waals surface area (Å²) in [5.74, 6) is 2.64. The van der Waals surface area contributed by atoms with Crippen molar-refractivity contribution in [2.75, 3.05) is 13.7 Å². The van der Waals surface area contributed by atoms with Crippen LogP contribution in [0.5, 0.6) is 5.75 Å². The summed E-state index contributed by atoms with van der Waals surface area (Å²) >= 11 is 0. The molecule has 0 aliphatic heterocycles. The molecule has 2 N–H and O–H groups in total. The van der Waals surface area contributed by atoms with Gasteiger partial charge in [0.05, 0.1) is 7.11 Å². The minimum Gasteiger partial charge on any atom is -0.497 e. The molecule has 84 valence electrons. The van der Waals surface area contributed by atoms with Gasteiger partial charge in [-0.05, 0) is 42.9 Å². The predicted molar refractivity (Wildman–Crippen MR) is 63.5 cm³/mol. The van der Waals surface area contributed by atoms with Crippen LogP contribution in [0.2, 0.25) is 0 Å². The second-order valence-corrected chi connectivity index (χ2v) is 3.53. The van der Waals surface area contributed by atoms with Gasteiger partial charge < -0.3 is 14.9 Å². The first-order valence-corrected chi connectivity index (χ1v) is 5.26.